The number of halogens is 1. The Bertz CT molecular complexity index is 1130. The Morgan fingerprint density at radius 2 is 1.88 bits per heavy atom. The largest absolute Gasteiger partial charge is 0.487 e. The van der Waals surface area contributed by atoms with E-state index in [9.17, 15) is 4.79 Å². The van der Waals surface area contributed by atoms with Crippen LogP contribution in [0.3, 0.4) is 0 Å². The Hall–Kier alpha value is -2.32. The number of amides is 1. The molecule has 0 aliphatic carbocycles. The highest BCUT2D eigenvalue weighted by Gasteiger charge is 2.49. The van der Waals surface area contributed by atoms with Gasteiger partial charge in [0, 0.05) is 17.6 Å². The summed E-state index contributed by atoms with van der Waals surface area (Å²) in [5, 5.41) is 0.968. The predicted octanol–water partition coefficient (Wildman–Crippen LogP) is 5.84. The van der Waals surface area contributed by atoms with Crippen molar-refractivity contribution in [1.29, 1.82) is 0 Å². The smallest absolute Gasteiger partial charge is 0.410 e. The Morgan fingerprint density at radius 1 is 1.16 bits per heavy atom. The zero-order chi connectivity index (χ0) is 22.5. The molecule has 6 rings (SSSR count). The first kappa shape index (κ1) is 21.5. The maximum absolute atomic E-state index is 12.6. The first-order chi connectivity index (χ1) is 15.3. The van der Waals surface area contributed by atoms with Crippen molar-refractivity contribution in [3.05, 3.63) is 52.5 Å². The highest BCUT2D eigenvalue weighted by Crippen LogP contribution is 2.42. The molecule has 32 heavy (non-hydrogen) atoms. The molecule has 1 aromatic heterocycles. The molecule has 6 nitrogen and oxygen atoms in total. The van der Waals surface area contributed by atoms with E-state index in [1.165, 1.54) is 0 Å². The molecule has 168 valence electrons. The van der Waals surface area contributed by atoms with Crippen LogP contribution in [0.5, 0.6) is 5.75 Å². The van der Waals surface area contributed by atoms with Crippen LogP contribution in [0.1, 0.15) is 32.8 Å². The molecular formula is C24H26BrN3O3S. The van der Waals surface area contributed by atoms with E-state index >= 15 is 0 Å². The van der Waals surface area contributed by atoms with Gasteiger partial charge in [0.15, 0.2) is 5.13 Å². The monoisotopic (exact) mass is 515 g/mol. The molecule has 0 N–H and O–H groups in total. The minimum Gasteiger partial charge on any atom is -0.487 e. The number of thiazole rings is 1. The number of anilines is 1. The van der Waals surface area contributed by atoms with Crippen LogP contribution >= 0.6 is 27.3 Å². The topological polar surface area (TPSA) is 54.9 Å². The van der Waals surface area contributed by atoms with Crippen LogP contribution in [0.4, 0.5) is 9.93 Å². The van der Waals surface area contributed by atoms with Crippen molar-refractivity contribution in [2.24, 2.45) is 0 Å². The van der Waals surface area contributed by atoms with Gasteiger partial charge in [-0.3, -0.25) is 4.90 Å². The van der Waals surface area contributed by atoms with Crippen molar-refractivity contribution in [3.63, 3.8) is 0 Å². The van der Waals surface area contributed by atoms with Crippen molar-refractivity contribution in [2.45, 2.75) is 51.5 Å². The summed E-state index contributed by atoms with van der Waals surface area (Å²) in [5.41, 5.74) is 1.57. The second kappa shape index (κ2) is 8.23. The number of carbonyl (C=O) groups excluding carboxylic acids is 1. The molecule has 3 fully saturated rings. The van der Waals surface area contributed by atoms with Crippen molar-refractivity contribution in [1.82, 2.24) is 9.88 Å². The third-order valence-corrected chi connectivity index (χ3v) is 7.52. The lowest BCUT2D eigenvalue weighted by atomic mass is 9.88. The average Bonchev–Trinajstić information content (AvgIpc) is 3.19. The van der Waals surface area contributed by atoms with Gasteiger partial charge in [-0.25, -0.2) is 9.78 Å². The predicted molar refractivity (Wildman–Crippen MR) is 131 cm³/mol. The van der Waals surface area contributed by atoms with Gasteiger partial charge in [0.05, 0.1) is 16.8 Å². The molecular weight excluding hydrogens is 490 g/mol. The van der Waals surface area contributed by atoms with Crippen LogP contribution < -0.4 is 9.64 Å². The Balaban J connectivity index is 1.33. The number of benzene rings is 2. The summed E-state index contributed by atoms with van der Waals surface area (Å²) in [4.78, 5) is 21.7. The number of rotatable bonds is 4. The van der Waals surface area contributed by atoms with E-state index < -0.39 is 5.60 Å². The summed E-state index contributed by atoms with van der Waals surface area (Å²) < 4.78 is 13.7. The number of nitrogens with zero attached hydrogens (tertiary/aromatic N) is 3. The van der Waals surface area contributed by atoms with Crippen LogP contribution in [0.25, 0.3) is 10.2 Å². The van der Waals surface area contributed by atoms with Gasteiger partial charge in [0.25, 0.3) is 0 Å². The summed E-state index contributed by atoms with van der Waals surface area (Å²) in [6.07, 6.45) is 0.817. The second-order valence-electron chi connectivity index (χ2n) is 9.33. The third kappa shape index (κ3) is 4.18. The summed E-state index contributed by atoms with van der Waals surface area (Å²) in [6.45, 7) is 7.78. The number of carbonyl (C=O) groups is 1. The lowest BCUT2D eigenvalue weighted by Gasteiger charge is -2.55. The van der Waals surface area contributed by atoms with E-state index in [4.69, 9.17) is 14.5 Å². The zero-order valence-corrected chi connectivity index (χ0v) is 20.8. The molecule has 2 aromatic carbocycles. The average molecular weight is 516 g/mol. The minimum absolute atomic E-state index is 0.174. The van der Waals surface area contributed by atoms with E-state index in [0.717, 1.165) is 50.6 Å². The van der Waals surface area contributed by atoms with Crippen LogP contribution in [-0.4, -0.2) is 46.8 Å². The van der Waals surface area contributed by atoms with E-state index in [2.05, 4.69) is 33.0 Å². The Morgan fingerprint density at radius 3 is 2.56 bits per heavy atom. The van der Waals surface area contributed by atoms with Gasteiger partial charge in [-0.05, 0) is 60.8 Å². The lowest BCUT2D eigenvalue weighted by Crippen LogP contribution is -2.70. The molecule has 0 radical (unpaired) electrons. The summed E-state index contributed by atoms with van der Waals surface area (Å²) in [7, 11) is 0. The van der Waals surface area contributed by atoms with E-state index in [0.29, 0.717) is 6.61 Å². The van der Waals surface area contributed by atoms with Gasteiger partial charge >= 0.3 is 6.09 Å². The van der Waals surface area contributed by atoms with Crippen LogP contribution in [0, 0.1) is 0 Å². The second-order valence-corrected chi connectivity index (χ2v) is 11.2. The molecule has 3 aliphatic heterocycles. The van der Waals surface area contributed by atoms with Gasteiger partial charge in [0.1, 0.15) is 23.5 Å². The van der Waals surface area contributed by atoms with Gasteiger partial charge in [0.2, 0.25) is 0 Å². The quantitative estimate of drug-likeness (QED) is 0.437. The molecule has 3 saturated heterocycles. The standard InChI is InChI=1S/C24H26BrN3O3S/c1-24(2,3)31-23(29)28-16-11-17(28)13-27(12-16)22-26-20-18(25)9-10-19(21(20)32-22)30-14-15-7-5-4-6-8-15/h4-10,16-17H,11-14H2,1-3H3. The van der Waals surface area contributed by atoms with E-state index in [1.807, 2.05) is 56.0 Å². The molecule has 0 spiro atoms. The highest BCUT2D eigenvalue weighted by molar-refractivity contribution is 9.10. The fraction of sp³-hybridized carbons (Fsp3) is 0.417. The number of hydrogen-bond donors (Lipinski definition) is 0. The van der Waals surface area contributed by atoms with Gasteiger partial charge in [-0.15, -0.1) is 0 Å². The molecule has 0 saturated carbocycles. The fourth-order valence-corrected chi connectivity index (χ4v) is 5.93. The molecule has 4 heterocycles. The molecule has 3 aliphatic rings. The summed E-state index contributed by atoms with van der Waals surface area (Å²) in [6, 6.07) is 14.5. The molecule has 2 atom stereocenters. The van der Waals surface area contributed by atoms with Gasteiger partial charge in [-0.1, -0.05) is 41.7 Å². The molecule has 3 aromatic rings. The van der Waals surface area contributed by atoms with Crippen LogP contribution in [0.2, 0.25) is 0 Å². The van der Waals surface area contributed by atoms with Crippen molar-refractivity contribution in [2.75, 3.05) is 18.0 Å². The third-order valence-electron chi connectivity index (χ3n) is 5.75. The van der Waals surface area contributed by atoms with Crippen molar-refractivity contribution < 1.29 is 14.3 Å². The number of fused-ring (bicyclic) bond motifs is 3. The number of ether oxygens (including phenoxy) is 2. The van der Waals surface area contributed by atoms with Crippen LogP contribution in [0.15, 0.2) is 46.9 Å². The van der Waals surface area contributed by atoms with E-state index in [1.54, 1.807) is 11.3 Å². The molecule has 2 bridgehead atoms. The molecule has 8 heteroatoms. The van der Waals surface area contributed by atoms with Crippen molar-refractivity contribution in [3.8, 4) is 5.75 Å². The fourth-order valence-electron chi connectivity index (χ4n) is 4.30. The lowest BCUT2D eigenvalue weighted by molar-refractivity contribution is -0.0379. The zero-order valence-electron chi connectivity index (χ0n) is 18.4. The van der Waals surface area contributed by atoms with Crippen molar-refractivity contribution >= 4 is 48.7 Å². The number of hydrogen-bond acceptors (Lipinski definition) is 6. The van der Waals surface area contributed by atoms with Gasteiger partial charge < -0.3 is 14.4 Å². The number of piperazine rings is 1. The van der Waals surface area contributed by atoms with Crippen LogP contribution in [-0.2, 0) is 11.3 Å². The summed E-state index contributed by atoms with van der Waals surface area (Å²) in [5.74, 6) is 0.841. The summed E-state index contributed by atoms with van der Waals surface area (Å²) >= 11 is 5.29. The molecule has 2 unspecified atom stereocenters. The minimum atomic E-state index is -0.476. The Kier molecular flexibility index (Phi) is 5.53. The van der Waals surface area contributed by atoms with Gasteiger partial charge in [-0.2, -0.15) is 0 Å². The highest BCUT2D eigenvalue weighted by atomic mass is 79.9. The number of piperidine rings is 1. The normalized spacial score (nSPS) is 20.2. The maximum atomic E-state index is 12.6. The molecule has 1 amide bonds. The first-order valence-electron chi connectivity index (χ1n) is 10.8. The first-order valence-corrected chi connectivity index (χ1v) is 12.4. The Labute approximate surface area is 200 Å². The SMILES string of the molecule is CC(C)(C)OC(=O)N1C2CC1CN(c1nc3c(Br)ccc(OCc4ccccc4)c3s1)C2. The van der Waals surface area contributed by atoms with E-state index in [-0.39, 0.29) is 18.2 Å². The number of aromatic nitrogens is 1. The maximum Gasteiger partial charge on any atom is 0.410 e.